The van der Waals surface area contributed by atoms with Gasteiger partial charge in [0.05, 0.1) is 6.54 Å². The highest BCUT2D eigenvalue weighted by Crippen LogP contribution is 2.42. The molecule has 27 heavy (non-hydrogen) atoms. The molecule has 0 unspecified atom stereocenters. The number of fused-ring (bicyclic) bond motifs is 1. The highest BCUT2D eigenvalue weighted by molar-refractivity contribution is 6.33. The van der Waals surface area contributed by atoms with Gasteiger partial charge in [0.15, 0.2) is 11.6 Å². The predicted octanol–water partition coefficient (Wildman–Crippen LogP) is 3.91. The Morgan fingerprint density at radius 1 is 0.815 bits per heavy atom. The standard InChI is InChI=1S/C23H21NO2.ClH/c25-21-19-12-4-5-13-20(19)22(26)23(21,18-10-2-1-3-11-18)14-6-7-15-24-16-8-9-17-24;/h1-5,10-13H,8-9,14-17H2;1H. The number of halogens is 1. The lowest BCUT2D eigenvalue weighted by Crippen LogP contribution is -2.38. The molecule has 3 nitrogen and oxygen atoms in total. The van der Waals surface area contributed by atoms with Crippen LogP contribution in [0.25, 0.3) is 0 Å². The van der Waals surface area contributed by atoms with E-state index in [1.807, 2.05) is 42.5 Å². The first kappa shape index (κ1) is 19.4. The second-order valence-corrected chi connectivity index (χ2v) is 6.99. The number of carbonyl (C=O) groups excluding carboxylic acids is 2. The van der Waals surface area contributed by atoms with Crippen LogP contribution in [-0.2, 0) is 5.41 Å². The fourth-order valence-corrected chi connectivity index (χ4v) is 3.99. The summed E-state index contributed by atoms with van der Waals surface area (Å²) in [6.45, 7) is 2.88. The molecule has 138 valence electrons. The molecule has 0 saturated carbocycles. The van der Waals surface area contributed by atoms with E-state index in [1.54, 1.807) is 12.1 Å². The molecule has 0 atom stereocenters. The molecule has 0 N–H and O–H groups in total. The number of carbonyl (C=O) groups is 2. The van der Waals surface area contributed by atoms with E-state index in [1.165, 1.54) is 12.8 Å². The molecular formula is C23H22ClNO2. The van der Waals surface area contributed by atoms with Gasteiger partial charge >= 0.3 is 0 Å². The van der Waals surface area contributed by atoms with E-state index in [4.69, 9.17) is 0 Å². The van der Waals surface area contributed by atoms with Gasteiger partial charge in [0.25, 0.3) is 0 Å². The van der Waals surface area contributed by atoms with Crippen molar-refractivity contribution in [3.05, 3.63) is 71.3 Å². The van der Waals surface area contributed by atoms with Crippen molar-refractivity contribution in [1.82, 2.24) is 4.90 Å². The number of hydrogen-bond acceptors (Lipinski definition) is 3. The van der Waals surface area contributed by atoms with E-state index in [-0.39, 0.29) is 30.4 Å². The van der Waals surface area contributed by atoms with Gasteiger partial charge in [-0.2, -0.15) is 0 Å². The van der Waals surface area contributed by atoms with E-state index in [9.17, 15) is 9.59 Å². The van der Waals surface area contributed by atoms with Crippen LogP contribution >= 0.6 is 12.4 Å². The molecule has 2 aliphatic rings. The lowest BCUT2D eigenvalue weighted by molar-refractivity contribution is 0.0798. The summed E-state index contributed by atoms with van der Waals surface area (Å²) < 4.78 is 0. The maximum atomic E-state index is 13.3. The molecule has 0 radical (unpaired) electrons. The number of ketones is 2. The van der Waals surface area contributed by atoms with Gasteiger partial charge in [0.2, 0.25) is 0 Å². The third-order valence-corrected chi connectivity index (χ3v) is 5.44. The number of likely N-dealkylation sites (tertiary alicyclic amines) is 1. The van der Waals surface area contributed by atoms with Crippen molar-refractivity contribution in [3.8, 4) is 11.8 Å². The minimum absolute atomic E-state index is 0. The largest absolute Gasteiger partial charge is 0.293 e. The summed E-state index contributed by atoms with van der Waals surface area (Å²) in [5.74, 6) is 6.09. The second-order valence-electron chi connectivity index (χ2n) is 6.99. The van der Waals surface area contributed by atoms with Crippen LogP contribution in [-0.4, -0.2) is 36.1 Å². The number of hydrogen-bond donors (Lipinski definition) is 0. The van der Waals surface area contributed by atoms with Gasteiger partial charge in [-0.15, -0.1) is 18.3 Å². The van der Waals surface area contributed by atoms with E-state index in [0.29, 0.717) is 17.7 Å². The maximum absolute atomic E-state index is 13.3. The molecule has 4 rings (SSSR count). The molecule has 2 aromatic carbocycles. The van der Waals surface area contributed by atoms with Crippen LogP contribution < -0.4 is 0 Å². The maximum Gasteiger partial charge on any atom is 0.182 e. The monoisotopic (exact) mass is 379 g/mol. The zero-order valence-electron chi connectivity index (χ0n) is 15.1. The summed E-state index contributed by atoms with van der Waals surface area (Å²) in [5.41, 5.74) is 0.565. The van der Waals surface area contributed by atoms with Crippen LogP contribution in [0.4, 0.5) is 0 Å². The Kier molecular flexibility index (Phi) is 5.79. The highest BCUT2D eigenvalue weighted by Gasteiger charge is 2.53. The van der Waals surface area contributed by atoms with Gasteiger partial charge in [0, 0.05) is 17.5 Å². The molecule has 0 bridgehead atoms. The topological polar surface area (TPSA) is 37.4 Å². The van der Waals surface area contributed by atoms with Crippen LogP contribution in [0.15, 0.2) is 54.6 Å². The molecule has 1 heterocycles. The third kappa shape index (κ3) is 3.32. The van der Waals surface area contributed by atoms with Crippen LogP contribution in [0.1, 0.15) is 45.5 Å². The summed E-state index contributed by atoms with van der Waals surface area (Å²) in [7, 11) is 0. The second kappa shape index (κ2) is 8.08. The summed E-state index contributed by atoms with van der Waals surface area (Å²) in [5, 5.41) is 0. The van der Waals surface area contributed by atoms with E-state index in [0.717, 1.165) is 18.7 Å². The van der Waals surface area contributed by atoms with Crippen molar-refractivity contribution in [2.45, 2.75) is 24.7 Å². The Balaban J connectivity index is 0.00000210. The Morgan fingerprint density at radius 2 is 1.37 bits per heavy atom. The lowest BCUT2D eigenvalue weighted by atomic mass is 9.73. The molecule has 1 aliphatic heterocycles. The first-order chi connectivity index (χ1) is 12.7. The molecule has 0 aromatic heterocycles. The summed E-state index contributed by atoms with van der Waals surface area (Å²) in [4.78, 5) is 28.9. The van der Waals surface area contributed by atoms with Crippen molar-refractivity contribution in [3.63, 3.8) is 0 Å². The van der Waals surface area contributed by atoms with E-state index < -0.39 is 5.41 Å². The van der Waals surface area contributed by atoms with Crippen molar-refractivity contribution in [1.29, 1.82) is 0 Å². The SMILES string of the molecule is Cl.O=C1c2ccccc2C(=O)C1(CC#CCN1CCCC1)c1ccccc1. The van der Waals surface area contributed by atoms with Gasteiger partial charge < -0.3 is 0 Å². The first-order valence-electron chi connectivity index (χ1n) is 9.16. The van der Waals surface area contributed by atoms with E-state index >= 15 is 0 Å². The molecule has 1 saturated heterocycles. The summed E-state index contributed by atoms with van der Waals surface area (Å²) in [6.07, 6.45) is 2.68. The number of nitrogens with zero attached hydrogens (tertiary/aromatic N) is 1. The van der Waals surface area contributed by atoms with Crippen molar-refractivity contribution < 1.29 is 9.59 Å². The molecule has 1 fully saturated rings. The van der Waals surface area contributed by atoms with Gasteiger partial charge in [-0.05, 0) is 31.5 Å². The smallest absolute Gasteiger partial charge is 0.182 e. The van der Waals surface area contributed by atoms with Crippen molar-refractivity contribution >= 4 is 24.0 Å². The zero-order chi connectivity index (χ0) is 18.0. The van der Waals surface area contributed by atoms with Gasteiger partial charge in [-0.1, -0.05) is 60.5 Å². The fourth-order valence-electron chi connectivity index (χ4n) is 3.99. The minimum Gasteiger partial charge on any atom is -0.293 e. The molecule has 1 aliphatic carbocycles. The predicted molar refractivity (Wildman–Crippen MR) is 109 cm³/mol. The third-order valence-electron chi connectivity index (χ3n) is 5.44. The zero-order valence-corrected chi connectivity index (χ0v) is 15.9. The van der Waals surface area contributed by atoms with Crippen LogP contribution in [0.2, 0.25) is 0 Å². The molecule has 2 aromatic rings. The molecule has 0 spiro atoms. The highest BCUT2D eigenvalue weighted by atomic mass is 35.5. The Hall–Kier alpha value is -2.41. The normalized spacial score (nSPS) is 17.8. The molecular weight excluding hydrogens is 358 g/mol. The van der Waals surface area contributed by atoms with Gasteiger partial charge in [0.1, 0.15) is 5.41 Å². The number of benzene rings is 2. The van der Waals surface area contributed by atoms with Crippen molar-refractivity contribution in [2.24, 2.45) is 0 Å². The van der Waals surface area contributed by atoms with Gasteiger partial charge in [-0.3, -0.25) is 14.5 Å². The number of Topliss-reactive ketones (excluding diaryl/α,β-unsaturated/α-hetero) is 2. The summed E-state index contributed by atoms with van der Waals surface area (Å²) in [6, 6.07) is 16.5. The van der Waals surface area contributed by atoms with Gasteiger partial charge in [-0.25, -0.2) is 0 Å². The fraction of sp³-hybridized carbons (Fsp3) is 0.304. The Morgan fingerprint density at radius 3 is 1.96 bits per heavy atom. The van der Waals surface area contributed by atoms with Crippen LogP contribution in [0.3, 0.4) is 0 Å². The Labute approximate surface area is 166 Å². The minimum atomic E-state index is -1.21. The quantitative estimate of drug-likeness (QED) is 0.599. The first-order valence-corrected chi connectivity index (χ1v) is 9.16. The van der Waals surface area contributed by atoms with E-state index in [2.05, 4.69) is 16.7 Å². The summed E-state index contributed by atoms with van der Waals surface area (Å²) >= 11 is 0. The average molecular weight is 380 g/mol. The van der Waals surface area contributed by atoms with Crippen LogP contribution in [0, 0.1) is 11.8 Å². The van der Waals surface area contributed by atoms with Crippen molar-refractivity contribution in [2.75, 3.05) is 19.6 Å². The number of rotatable bonds is 3. The van der Waals surface area contributed by atoms with Crippen LogP contribution in [0.5, 0.6) is 0 Å². The molecule has 0 amide bonds. The average Bonchev–Trinajstić information content (AvgIpc) is 3.28. The lowest BCUT2D eigenvalue weighted by Gasteiger charge is -2.24. The molecule has 4 heteroatoms. The Bertz CT molecular complexity index is 870.